The minimum atomic E-state index is -2.59. The summed E-state index contributed by atoms with van der Waals surface area (Å²) in [4.78, 5) is 23.4. The van der Waals surface area contributed by atoms with Gasteiger partial charge in [0, 0.05) is 0 Å². The van der Waals surface area contributed by atoms with Gasteiger partial charge in [-0.1, -0.05) is 13.2 Å². The molecule has 0 aliphatic heterocycles. The van der Waals surface area contributed by atoms with Gasteiger partial charge in [-0.2, -0.15) is 0 Å². The summed E-state index contributed by atoms with van der Waals surface area (Å²) in [6.07, 6.45) is 1.08. The van der Waals surface area contributed by atoms with Crippen LogP contribution in [0.25, 0.3) is 0 Å². The highest BCUT2D eigenvalue weighted by atomic mass is 16.4. The van der Waals surface area contributed by atoms with Crippen LogP contribution in [0.5, 0.6) is 0 Å². The first-order valence-electron chi connectivity index (χ1n) is 4.68. The molecule has 0 radical (unpaired) electrons. The minimum absolute atomic E-state index is 0.0227. The van der Waals surface area contributed by atoms with Crippen LogP contribution < -0.4 is 0 Å². The number of Topliss-reactive ketones (excluding diaryl/α,β-unsaturated/α-hetero) is 2. The molecular weight excluding hydrogens is 208 g/mol. The Labute approximate surface area is 94.6 Å². The summed E-state index contributed by atoms with van der Waals surface area (Å²) in [5.74, 6) is -2.58. The summed E-state index contributed by atoms with van der Waals surface area (Å²) < 4.78 is 0. The number of carbonyl (C=O) groups excluding carboxylic acids is 2. The molecule has 0 fully saturated rings. The minimum Gasteiger partial charge on any atom is -0.509 e. The summed E-state index contributed by atoms with van der Waals surface area (Å²) in [5.41, 5.74) is -2.64. The highest BCUT2D eigenvalue weighted by molar-refractivity contribution is 6.23. The Kier molecular flexibility index (Phi) is 4.38. The van der Waals surface area contributed by atoms with Crippen molar-refractivity contribution in [2.75, 3.05) is 0 Å². The molecule has 88 valence electrons. The SMILES string of the molecule is C=C(C)C(=O)C(O)(C(=O)C(=C)C)C(O)=CC. The first kappa shape index (κ1) is 14.3. The van der Waals surface area contributed by atoms with Crippen molar-refractivity contribution in [3.63, 3.8) is 0 Å². The molecule has 0 aromatic rings. The van der Waals surface area contributed by atoms with Crippen LogP contribution in [0.15, 0.2) is 36.1 Å². The van der Waals surface area contributed by atoms with E-state index >= 15 is 0 Å². The van der Waals surface area contributed by atoms with Crippen molar-refractivity contribution in [3.8, 4) is 0 Å². The van der Waals surface area contributed by atoms with E-state index in [0.717, 1.165) is 6.08 Å². The number of ketones is 2. The molecule has 0 aromatic heterocycles. The van der Waals surface area contributed by atoms with Gasteiger partial charge in [-0.25, -0.2) is 0 Å². The molecule has 0 aliphatic rings. The average molecular weight is 224 g/mol. The van der Waals surface area contributed by atoms with Gasteiger partial charge < -0.3 is 10.2 Å². The Bertz CT molecular complexity index is 362. The van der Waals surface area contributed by atoms with Crippen LogP contribution in [0.4, 0.5) is 0 Å². The van der Waals surface area contributed by atoms with E-state index in [1.165, 1.54) is 20.8 Å². The standard InChI is InChI=1S/C12H16O4/c1-6-9(13)12(16,10(14)7(2)3)11(15)8(4)5/h6,13,16H,2,4H2,1,3,5H3. The van der Waals surface area contributed by atoms with E-state index in [1.54, 1.807) is 0 Å². The fourth-order valence-corrected chi connectivity index (χ4v) is 1.16. The molecule has 0 bridgehead atoms. The molecule has 0 unspecified atom stereocenters. The molecule has 0 atom stereocenters. The van der Waals surface area contributed by atoms with Gasteiger partial charge in [-0.15, -0.1) is 0 Å². The Morgan fingerprint density at radius 3 is 1.62 bits per heavy atom. The number of hydrogen-bond donors (Lipinski definition) is 2. The molecule has 0 saturated carbocycles. The Morgan fingerprint density at radius 1 is 1.12 bits per heavy atom. The molecule has 16 heavy (non-hydrogen) atoms. The maximum Gasteiger partial charge on any atom is 0.247 e. The van der Waals surface area contributed by atoms with Gasteiger partial charge in [0.1, 0.15) is 5.76 Å². The second-order valence-electron chi connectivity index (χ2n) is 3.60. The quantitative estimate of drug-likeness (QED) is 0.421. The van der Waals surface area contributed by atoms with E-state index < -0.39 is 22.9 Å². The van der Waals surface area contributed by atoms with Crippen molar-refractivity contribution < 1.29 is 19.8 Å². The lowest BCUT2D eigenvalue weighted by molar-refractivity contribution is -0.144. The number of aliphatic hydroxyl groups excluding tert-OH is 1. The maximum atomic E-state index is 11.7. The highest BCUT2D eigenvalue weighted by Gasteiger charge is 2.47. The maximum absolute atomic E-state index is 11.7. The van der Waals surface area contributed by atoms with Crippen molar-refractivity contribution >= 4 is 11.6 Å². The van der Waals surface area contributed by atoms with Crippen LogP contribution in [0.2, 0.25) is 0 Å². The average Bonchev–Trinajstić information content (AvgIpc) is 2.24. The van der Waals surface area contributed by atoms with Crippen LogP contribution in [0.1, 0.15) is 20.8 Å². The lowest BCUT2D eigenvalue weighted by Crippen LogP contribution is -2.49. The molecule has 0 amide bonds. The molecule has 4 nitrogen and oxygen atoms in total. The van der Waals surface area contributed by atoms with E-state index in [1.807, 2.05) is 0 Å². The summed E-state index contributed by atoms with van der Waals surface area (Å²) in [5, 5.41) is 19.5. The first-order valence-corrected chi connectivity index (χ1v) is 4.68. The van der Waals surface area contributed by atoms with Crippen molar-refractivity contribution in [1.29, 1.82) is 0 Å². The molecule has 0 aliphatic carbocycles. The van der Waals surface area contributed by atoms with Gasteiger partial charge in [0.05, 0.1) is 0 Å². The van der Waals surface area contributed by atoms with Crippen molar-refractivity contribution in [1.82, 2.24) is 0 Å². The van der Waals surface area contributed by atoms with Crippen LogP contribution in [0.3, 0.4) is 0 Å². The van der Waals surface area contributed by atoms with Crippen LogP contribution in [0, 0.1) is 0 Å². The third kappa shape index (κ3) is 2.28. The zero-order valence-corrected chi connectivity index (χ0v) is 9.70. The fraction of sp³-hybridized carbons (Fsp3) is 0.333. The monoisotopic (exact) mass is 224 g/mol. The van der Waals surface area contributed by atoms with Gasteiger partial charge in [0.25, 0.3) is 0 Å². The molecule has 0 saturated heterocycles. The smallest absolute Gasteiger partial charge is 0.247 e. The number of aliphatic hydroxyl groups is 2. The molecule has 0 rings (SSSR count). The predicted octanol–water partition coefficient (Wildman–Crippen LogP) is 1.47. The summed E-state index contributed by atoms with van der Waals surface area (Å²) >= 11 is 0. The van der Waals surface area contributed by atoms with Gasteiger partial charge in [-0.05, 0) is 38.0 Å². The van der Waals surface area contributed by atoms with E-state index in [4.69, 9.17) is 0 Å². The summed E-state index contributed by atoms with van der Waals surface area (Å²) in [6.45, 7) is 10.8. The largest absolute Gasteiger partial charge is 0.509 e. The summed E-state index contributed by atoms with van der Waals surface area (Å²) in [7, 11) is 0. The second kappa shape index (κ2) is 4.90. The van der Waals surface area contributed by atoms with Crippen LogP contribution >= 0.6 is 0 Å². The molecule has 0 heterocycles. The Hall–Kier alpha value is -1.68. The van der Waals surface area contributed by atoms with Crippen LogP contribution in [-0.4, -0.2) is 27.4 Å². The number of rotatable bonds is 5. The van der Waals surface area contributed by atoms with E-state index in [-0.39, 0.29) is 11.1 Å². The van der Waals surface area contributed by atoms with Gasteiger partial charge >= 0.3 is 0 Å². The third-order valence-electron chi connectivity index (χ3n) is 2.08. The normalized spacial score (nSPS) is 12.1. The topological polar surface area (TPSA) is 74.6 Å². The lowest BCUT2D eigenvalue weighted by atomic mass is 9.85. The van der Waals surface area contributed by atoms with Crippen LogP contribution in [-0.2, 0) is 9.59 Å². The zero-order chi connectivity index (χ0) is 13.1. The Morgan fingerprint density at radius 2 is 1.44 bits per heavy atom. The van der Waals surface area contributed by atoms with Gasteiger partial charge in [0.2, 0.25) is 17.2 Å². The van der Waals surface area contributed by atoms with Gasteiger partial charge in [0.15, 0.2) is 0 Å². The first-order chi connectivity index (χ1) is 7.19. The third-order valence-corrected chi connectivity index (χ3v) is 2.08. The second-order valence-corrected chi connectivity index (χ2v) is 3.60. The molecule has 4 heteroatoms. The molecule has 0 spiro atoms. The highest BCUT2D eigenvalue weighted by Crippen LogP contribution is 2.23. The fourth-order valence-electron chi connectivity index (χ4n) is 1.16. The lowest BCUT2D eigenvalue weighted by Gasteiger charge is -2.24. The number of hydrogen-bond acceptors (Lipinski definition) is 4. The van der Waals surface area contributed by atoms with E-state index in [9.17, 15) is 19.8 Å². The zero-order valence-electron chi connectivity index (χ0n) is 9.70. The molecule has 0 aromatic carbocycles. The van der Waals surface area contributed by atoms with E-state index in [0.29, 0.717) is 0 Å². The number of carbonyl (C=O) groups is 2. The van der Waals surface area contributed by atoms with Gasteiger partial charge in [-0.3, -0.25) is 9.59 Å². The Balaban J connectivity index is 5.74. The molecule has 2 N–H and O–H groups in total. The van der Waals surface area contributed by atoms with E-state index in [2.05, 4.69) is 13.2 Å². The van der Waals surface area contributed by atoms with Crippen molar-refractivity contribution in [2.24, 2.45) is 0 Å². The summed E-state index contributed by atoms with van der Waals surface area (Å²) in [6, 6.07) is 0. The predicted molar refractivity (Wildman–Crippen MR) is 61.0 cm³/mol. The van der Waals surface area contributed by atoms with Crippen molar-refractivity contribution in [2.45, 2.75) is 26.4 Å². The molecular formula is C12H16O4. The van der Waals surface area contributed by atoms with Crippen molar-refractivity contribution in [3.05, 3.63) is 36.1 Å². The number of allylic oxidation sites excluding steroid dienone is 1.